The molecule has 0 saturated heterocycles. The van der Waals surface area contributed by atoms with Gasteiger partial charge in [-0.15, -0.1) is 0 Å². The monoisotopic (exact) mass is 275 g/mol. The summed E-state index contributed by atoms with van der Waals surface area (Å²) in [7, 11) is 1.64. The highest BCUT2D eigenvalue weighted by atomic mass is 79.9. The van der Waals surface area contributed by atoms with E-state index in [2.05, 4.69) is 21.2 Å². The Labute approximate surface area is 98.0 Å². The van der Waals surface area contributed by atoms with Crippen molar-refractivity contribution < 1.29 is 9.13 Å². The zero-order valence-corrected chi connectivity index (χ0v) is 10.5. The van der Waals surface area contributed by atoms with Crippen LogP contribution >= 0.6 is 15.9 Å². The van der Waals surface area contributed by atoms with E-state index in [1.165, 1.54) is 6.07 Å². The van der Waals surface area contributed by atoms with Crippen LogP contribution in [0.4, 0.5) is 4.39 Å². The first kappa shape index (κ1) is 12.6. The summed E-state index contributed by atoms with van der Waals surface area (Å²) >= 11 is 3.29. The van der Waals surface area contributed by atoms with Crippen molar-refractivity contribution in [3.8, 4) is 0 Å². The molecule has 0 aliphatic carbocycles. The van der Waals surface area contributed by atoms with Gasteiger partial charge in [-0.1, -0.05) is 22.0 Å². The highest BCUT2D eigenvalue weighted by Crippen LogP contribution is 2.20. The van der Waals surface area contributed by atoms with Gasteiger partial charge in [0.1, 0.15) is 5.82 Å². The van der Waals surface area contributed by atoms with Crippen LogP contribution in [0, 0.1) is 12.7 Å². The number of ether oxygens (including phenoxy) is 1. The molecule has 1 aromatic carbocycles. The molecule has 1 rings (SSSR count). The van der Waals surface area contributed by atoms with Gasteiger partial charge < -0.3 is 10.1 Å². The van der Waals surface area contributed by atoms with Crippen molar-refractivity contribution in [1.29, 1.82) is 0 Å². The minimum Gasteiger partial charge on any atom is -0.383 e. The molecule has 84 valence electrons. The number of benzene rings is 1. The first-order valence-electron chi connectivity index (χ1n) is 4.79. The normalized spacial score (nSPS) is 10.7. The highest BCUT2D eigenvalue weighted by molar-refractivity contribution is 9.10. The Morgan fingerprint density at radius 2 is 2.20 bits per heavy atom. The van der Waals surface area contributed by atoms with Gasteiger partial charge in [-0.05, 0) is 18.6 Å². The molecule has 15 heavy (non-hydrogen) atoms. The zero-order chi connectivity index (χ0) is 11.3. The molecular weight excluding hydrogens is 261 g/mol. The molecule has 0 spiro atoms. The van der Waals surface area contributed by atoms with Crippen LogP contribution in [-0.4, -0.2) is 20.3 Å². The van der Waals surface area contributed by atoms with E-state index in [-0.39, 0.29) is 5.82 Å². The lowest BCUT2D eigenvalue weighted by atomic mass is 10.1. The molecule has 0 aliphatic heterocycles. The van der Waals surface area contributed by atoms with Gasteiger partial charge in [-0.25, -0.2) is 4.39 Å². The van der Waals surface area contributed by atoms with Gasteiger partial charge in [0.25, 0.3) is 0 Å². The molecular formula is C11H15BrFNO. The minimum atomic E-state index is -0.183. The lowest BCUT2D eigenvalue weighted by molar-refractivity contribution is 0.199. The van der Waals surface area contributed by atoms with E-state index >= 15 is 0 Å². The van der Waals surface area contributed by atoms with Gasteiger partial charge in [0.2, 0.25) is 0 Å². The van der Waals surface area contributed by atoms with Crippen molar-refractivity contribution in [2.45, 2.75) is 13.5 Å². The summed E-state index contributed by atoms with van der Waals surface area (Å²) in [6.45, 7) is 3.84. The molecule has 0 heterocycles. The van der Waals surface area contributed by atoms with Crippen LogP contribution in [0.25, 0.3) is 0 Å². The third kappa shape index (κ3) is 3.89. The van der Waals surface area contributed by atoms with E-state index in [0.717, 1.165) is 16.6 Å². The Bertz CT molecular complexity index is 331. The van der Waals surface area contributed by atoms with Gasteiger partial charge in [0, 0.05) is 30.2 Å². The fraction of sp³-hybridized carbons (Fsp3) is 0.455. The van der Waals surface area contributed by atoms with E-state index in [1.807, 2.05) is 13.0 Å². The van der Waals surface area contributed by atoms with Crippen LogP contribution in [0.3, 0.4) is 0 Å². The molecule has 0 bridgehead atoms. The minimum absolute atomic E-state index is 0.183. The topological polar surface area (TPSA) is 21.3 Å². The quantitative estimate of drug-likeness (QED) is 0.835. The van der Waals surface area contributed by atoms with Crippen LogP contribution in [0.5, 0.6) is 0 Å². The maximum Gasteiger partial charge on any atom is 0.128 e. The summed E-state index contributed by atoms with van der Waals surface area (Å²) < 4.78 is 19.1. The third-order valence-corrected chi connectivity index (χ3v) is 2.98. The fourth-order valence-electron chi connectivity index (χ4n) is 1.25. The second kappa shape index (κ2) is 6.20. The standard InChI is InChI=1S/C11H15BrFNO/c1-8-5-9(7-14-3-4-15-2)11(13)6-10(8)12/h5-6,14H,3-4,7H2,1-2H3. The highest BCUT2D eigenvalue weighted by Gasteiger charge is 2.04. The number of halogens is 2. The van der Waals surface area contributed by atoms with E-state index in [9.17, 15) is 4.39 Å². The fourth-order valence-corrected chi connectivity index (χ4v) is 1.57. The molecule has 0 saturated carbocycles. The van der Waals surface area contributed by atoms with Crippen LogP contribution in [0.2, 0.25) is 0 Å². The van der Waals surface area contributed by atoms with Crippen molar-refractivity contribution in [3.63, 3.8) is 0 Å². The summed E-state index contributed by atoms with van der Waals surface area (Å²) in [5.41, 5.74) is 1.73. The lowest BCUT2D eigenvalue weighted by Crippen LogP contribution is -2.19. The Morgan fingerprint density at radius 3 is 2.87 bits per heavy atom. The molecule has 0 aromatic heterocycles. The lowest BCUT2D eigenvalue weighted by Gasteiger charge is -2.07. The Morgan fingerprint density at radius 1 is 1.47 bits per heavy atom. The summed E-state index contributed by atoms with van der Waals surface area (Å²) in [5.74, 6) is -0.183. The smallest absolute Gasteiger partial charge is 0.128 e. The van der Waals surface area contributed by atoms with Gasteiger partial charge in [-0.2, -0.15) is 0 Å². The van der Waals surface area contributed by atoms with E-state index in [4.69, 9.17) is 4.74 Å². The Kier molecular flexibility index (Phi) is 5.22. The average molecular weight is 276 g/mol. The van der Waals surface area contributed by atoms with Crippen molar-refractivity contribution >= 4 is 15.9 Å². The van der Waals surface area contributed by atoms with E-state index in [1.54, 1.807) is 7.11 Å². The molecule has 0 fully saturated rings. The number of aryl methyl sites for hydroxylation is 1. The maximum atomic E-state index is 13.4. The Hall–Kier alpha value is -0.450. The summed E-state index contributed by atoms with van der Waals surface area (Å²) in [6.07, 6.45) is 0. The second-order valence-electron chi connectivity index (χ2n) is 3.36. The van der Waals surface area contributed by atoms with Crippen molar-refractivity contribution in [2.75, 3.05) is 20.3 Å². The molecule has 0 atom stereocenters. The molecule has 4 heteroatoms. The first-order valence-corrected chi connectivity index (χ1v) is 5.58. The Balaban J connectivity index is 2.57. The number of hydrogen-bond acceptors (Lipinski definition) is 2. The maximum absolute atomic E-state index is 13.4. The molecule has 1 N–H and O–H groups in total. The molecule has 1 aromatic rings. The van der Waals surface area contributed by atoms with Crippen LogP contribution in [-0.2, 0) is 11.3 Å². The molecule has 0 amide bonds. The number of rotatable bonds is 5. The molecule has 0 aliphatic rings. The molecule has 2 nitrogen and oxygen atoms in total. The molecule has 0 unspecified atom stereocenters. The number of methoxy groups -OCH3 is 1. The average Bonchev–Trinajstić information content (AvgIpc) is 2.20. The predicted molar refractivity (Wildman–Crippen MR) is 62.4 cm³/mol. The number of nitrogens with one attached hydrogen (secondary N) is 1. The first-order chi connectivity index (χ1) is 7.15. The summed E-state index contributed by atoms with van der Waals surface area (Å²) in [5, 5.41) is 3.11. The number of hydrogen-bond donors (Lipinski definition) is 1. The van der Waals surface area contributed by atoms with Gasteiger partial charge in [0.05, 0.1) is 6.61 Å². The second-order valence-corrected chi connectivity index (χ2v) is 4.22. The zero-order valence-electron chi connectivity index (χ0n) is 8.94. The summed E-state index contributed by atoms with van der Waals surface area (Å²) in [6, 6.07) is 3.35. The van der Waals surface area contributed by atoms with Crippen molar-refractivity contribution in [1.82, 2.24) is 5.32 Å². The van der Waals surface area contributed by atoms with E-state index < -0.39 is 0 Å². The van der Waals surface area contributed by atoms with Crippen molar-refractivity contribution in [3.05, 3.63) is 33.5 Å². The van der Waals surface area contributed by atoms with Crippen LogP contribution in [0.15, 0.2) is 16.6 Å². The largest absolute Gasteiger partial charge is 0.383 e. The van der Waals surface area contributed by atoms with Crippen LogP contribution < -0.4 is 5.32 Å². The van der Waals surface area contributed by atoms with Gasteiger partial charge in [-0.3, -0.25) is 0 Å². The summed E-state index contributed by atoms with van der Waals surface area (Å²) in [4.78, 5) is 0. The van der Waals surface area contributed by atoms with Crippen LogP contribution in [0.1, 0.15) is 11.1 Å². The molecule has 0 radical (unpaired) electrons. The van der Waals surface area contributed by atoms with E-state index in [0.29, 0.717) is 18.7 Å². The predicted octanol–water partition coefficient (Wildman–Crippen LogP) is 2.63. The van der Waals surface area contributed by atoms with Crippen molar-refractivity contribution in [2.24, 2.45) is 0 Å². The van der Waals surface area contributed by atoms with Gasteiger partial charge >= 0.3 is 0 Å². The third-order valence-electron chi connectivity index (χ3n) is 2.13. The van der Waals surface area contributed by atoms with Gasteiger partial charge in [0.15, 0.2) is 0 Å². The SMILES string of the molecule is COCCNCc1cc(C)c(Br)cc1F.